The van der Waals surface area contributed by atoms with Crippen LogP contribution in [0.1, 0.15) is 62.3 Å². The van der Waals surface area contributed by atoms with E-state index in [1.807, 2.05) is 6.26 Å². The van der Waals surface area contributed by atoms with Gasteiger partial charge in [-0.05, 0) is 43.8 Å². The summed E-state index contributed by atoms with van der Waals surface area (Å²) in [6.45, 7) is 20.7. The molecule has 0 aliphatic heterocycles. The van der Waals surface area contributed by atoms with Crippen molar-refractivity contribution in [1.82, 2.24) is 0 Å². The Morgan fingerprint density at radius 1 is 1.00 bits per heavy atom. The lowest BCUT2D eigenvalue weighted by atomic mass is 10.2. The van der Waals surface area contributed by atoms with E-state index in [9.17, 15) is 0 Å². The highest BCUT2D eigenvalue weighted by atomic mass is 28.4. The second-order valence-corrected chi connectivity index (χ2v) is 12.1. The zero-order valence-corrected chi connectivity index (χ0v) is 15.4. The van der Waals surface area contributed by atoms with Gasteiger partial charge in [0.1, 0.15) is 5.22 Å². The molecule has 0 fully saturated rings. The predicted octanol–water partition coefficient (Wildman–Crippen LogP) is 5.29. The molecule has 0 radical (unpaired) electrons. The van der Waals surface area contributed by atoms with Gasteiger partial charge < -0.3 is 9.16 Å². The summed E-state index contributed by atoms with van der Waals surface area (Å²) in [6.07, 6.45) is 3.98. The molecule has 0 unspecified atom stereocenters. The van der Waals surface area contributed by atoms with Crippen LogP contribution < -0.4 is 0 Å². The van der Waals surface area contributed by atoms with Crippen molar-refractivity contribution in [1.29, 1.82) is 0 Å². The highest BCUT2D eigenvalue weighted by Gasteiger charge is 2.55. The fourth-order valence-corrected chi connectivity index (χ4v) is 9.12. The first-order chi connectivity index (χ1) is 8.61. The van der Waals surface area contributed by atoms with Crippen LogP contribution in [0.3, 0.4) is 0 Å². The van der Waals surface area contributed by atoms with E-state index in [1.165, 1.54) is 0 Å². The van der Waals surface area contributed by atoms with Crippen LogP contribution >= 0.6 is 0 Å². The number of hydrogen-bond donors (Lipinski definition) is 0. The molecule has 0 atom stereocenters. The molecule has 0 N–H and O–H groups in total. The Bertz CT molecular complexity index is 272. The van der Waals surface area contributed by atoms with Gasteiger partial charge in [0.05, 0.1) is 6.26 Å². The summed E-state index contributed by atoms with van der Waals surface area (Å²) in [5, 5.41) is -0.225. The van der Waals surface area contributed by atoms with E-state index in [1.54, 1.807) is 0 Å². The van der Waals surface area contributed by atoms with Crippen LogP contribution in [0, 0.1) is 5.92 Å². The summed E-state index contributed by atoms with van der Waals surface area (Å²) < 4.78 is 12.5. The van der Waals surface area contributed by atoms with Gasteiger partial charge in [-0.2, -0.15) is 0 Å². The Morgan fingerprint density at radius 2 is 1.47 bits per heavy atom. The monoisotopic (exact) mass is 286 g/mol. The molecule has 0 aromatic heterocycles. The normalized spacial score (nSPS) is 14.1. The zero-order chi connectivity index (χ0) is 15.3. The molecule has 0 bridgehead atoms. The summed E-state index contributed by atoms with van der Waals surface area (Å²) in [7, 11) is -2.02. The lowest BCUT2D eigenvalue weighted by Gasteiger charge is -2.48. The van der Waals surface area contributed by atoms with Crippen LogP contribution in [-0.2, 0) is 9.16 Å². The van der Waals surface area contributed by atoms with Gasteiger partial charge >= 0.3 is 0 Å². The Balaban J connectivity index is 5.32. The third-order valence-electron chi connectivity index (χ3n) is 3.87. The molecule has 114 valence electrons. The number of rotatable bonds is 8. The van der Waals surface area contributed by atoms with Crippen LogP contribution in [0.25, 0.3) is 0 Å². The summed E-state index contributed by atoms with van der Waals surface area (Å²) in [5.74, 6) is 0.511. The van der Waals surface area contributed by atoms with Gasteiger partial charge in [-0.15, -0.1) is 0 Å². The Labute approximate surface area is 121 Å². The maximum Gasteiger partial charge on any atom is 0.242 e. The first-order valence-electron chi connectivity index (χ1n) is 7.60. The molecule has 0 rings (SSSR count). The van der Waals surface area contributed by atoms with E-state index in [4.69, 9.17) is 9.16 Å². The second-order valence-electron chi connectivity index (χ2n) is 6.74. The van der Waals surface area contributed by atoms with Gasteiger partial charge in [-0.25, -0.2) is 0 Å². The van der Waals surface area contributed by atoms with E-state index < -0.39 is 8.32 Å². The molecule has 0 aliphatic carbocycles. The highest BCUT2D eigenvalue weighted by Crippen LogP contribution is 2.43. The second kappa shape index (κ2) is 7.49. The average molecular weight is 287 g/mol. The van der Waals surface area contributed by atoms with Gasteiger partial charge in [0, 0.05) is 6.61 Å². The third kappa shape index (κ3) is 4.35. The number of ether oxygens (including phenoxy) is 1. The van der Waals surface area contributed by atoms with Crippen molar-refractivity contribution >= 4 is 8.32 Å². The smallest absolute Gasteiger partial charge is 0.242 e. The topological polar surface area (TPSA) is 18.5 Å². The van der Waals surface area contributed by atoms with E-state index >= 15 is 0 Å². The first-order valence-corrected chi connectivity index (χ1v) is 9.66. The van der Waals surface area contributed by atoms with Crippen LogP contribution in [0.15, 0.2) is 12.3 Å². The quantitative estimate of drug-likeness (QED) is 0.446. The Hall–Kier alpha value is -0.283. The van der Waals surface area contributed by atoms with Crippen molar-refractivity contribution in [2.45, 2.75) is 78.6 Å². The van der Waals surface area contributed by atoms with E-state index in [2.05, 4.69) is 68.4 Å². The van der Waals surface area contributed by atoms with Crippen LogP contribution in [0.5, 0.6) is 0 Å². The minimum absolute atomic E-state index is 0.225. The summed E-state index contributed by atoms with van der Waals surface area (Å²) >= 11 is 0. The van der Waals surface area contributed by atoms with Crippen molar-refractivity contribution in [2.75, 3.05) is 6.61 Å². The van der Waals surface area contributed by atoms with Crippen molar-refractivity contribution in [3.8, 4) is 0 Å². The average Bonchev–Trinajstić information content (AvgIpc) is 2.23. The summed E-state index contributed by atoms with van der Waals surface area (Å²) in [5.41, 5.74) is 1.05. The third-order valence-corrected chi connectivity index (χ3v) is 10.1. The summed E-state index contributed by atoms with van der Waals surface area (Å²) in [6, 6.07) is 0. The fourth-order valence-electron chi connectivity index (χ4n) is 3.26. The van der Waals surface area contributed by atoms with E-state index in [0.717, 1.165) is 6.61 Å². The molecule has 19 heavy (non-hydrogen) atoms. The van der Waals surface area contributed by atoms with Gasteiger partial charge in [-0.3, -0.25) is 0 Å². The predicted molar refractivity (Wildman–Crippen MR) is 86.7 cm³/mol. The molecule has 0 heterocycles. The number of hydrogen-bond acceptors (Lipinski definition) is 2. The molecular weight excluding hydrogens is 252 g/mol. The lowest BCUT2D eigenvalue weighted by Crippen LogP contribution is -2.62. The largest absolute Gasteiger partial charge is 0.497 e. The molecule has 2 nitrogen and oxygen atoms in total. The Kier molecular flexibility index (Phi) is 7.37. The standard InChI is InChI=1S/C16H34O2Si/c1-10-18-19(14(4)5,15(6)7)16(8,9)17-12-11-13(2)3/h11-15H,10H2,1-9H3/b12-11-. The minimum Gasteiger partial charge on any atom is -0.497 e. The summed E-state index contributed by atoms with van der Waals surface area (Å²) in [4.78, 5) is 0. The molecule has 0 spiro atoms. The van der Waals surface area contributed by atoms with Crippen molar-refractivity contribution in [2.24, 2.45) is 5.92 Å². The van der Waals surface area contributed by atoms with Gasteiger partial charge in [0.15, 0.2) is 0 Å². The van der Waals surface area contributed by atoms with Crippen LogP contribution in [-0.4, -0.2) is 20.1 Å². The molecule has 0 saturated carbocycles. The molecule has 0 aliphatic rings. The van der Waals surface area contributed by atoms with Crippen molar-refractivity contribution in [3.05, 3.63) is 12.3 Å². The van der Waals surface area contributed by atoms with Gasteiger partial charge in [0.2, 0.25) is 8.32 Å². The molecule has 3 heteroatoms. The van der Waals surface area contributed by atoms with Crippen molar-refractivity contribution < 1.29 is 9.16 Å². The molecule has 0 amide bonds. The number of allylic oxidation sites excluding steroid dienone is 1. The molecule has 0 aromatic rings. The maximum atomic E-state index is 6.35. The maximum absolute atomic E-state index is 6.35. The van der Waals surface area contributed by atoms with Crippen molar-refractivity contribution in [3.63, 3.8) is 0 Å². The molecule has 0 aromatic carbocycles. The molecular formula is C16H34O2Si. The first kappa shape index (κ1) is 18.7. The highest BCUT2D eigenvalue weighted by molar-refractivity contribution is 6.79. The lowest BCUT2D eigenvalue weighted by molar-refractivity contribution is 0.0882. The van der Waals surface area contributed by atoms with E-state index in [-0.39, 0.29) is 5.22 Å². The van der Waals surface area contributed by atoms with Gasteiger partial charge in [-0.1, -0.05) is 41.5 Å². The van der Waals surface area contributed by atoms with E-state index in [0.29, 0.717) is 17.0 Å². The Morgan fingerprint density at radius 3 is 1.79 bits per heavy atom. The molecule has 0 saturated heterocycles. The fraction of sp³-hybridized carbons (Fsp3) is 0.875. The zero-order valence-electron chi connectivity index (χ0n) is 14.4. The minimum atomic E-state index is -2.02. The van der Waals surface area contributed by atoms with Crippen LogP contribution in [0.2, 0.25) is 11.1 Å². The SMILES string of the molecule is CCO[Si](C(C)C)(C(C)C)C(C)(C)O/C=C\C(C)C. The van der Waals surface area contributed by atoms with Crippen LogP contribution in [0.4, 0.5) is 0 Å². The van der Waals surface area contributed by atoms with Gasteiger partial charge in [0.25, 0.3) is 0 Å².